The molecule has 2 amide bonds. The highest BCUT2D eigenvalue weighted by Gasteiger charge is 2.33. The molecule has 1 aliphatic heterocycles. The molecule has 1 aromatic carbocycles. The molecule has 0 atom stereocenters. The number of alkyl halides is 3. The van der Waals surface area contributed by atoms with Crippen LogP contribution in [-0.2, 0) is 25.8 Å². The summed E-state index contributed by atoms with van der Waals surface area (Å²) in [6.45, 7) is -0.166. The largest absolute Gasteiger partial charge is 0.416 e. The molecule has 2 rings (SSSR count). The summed E-state index contributed by atoms with van der Waals surface area (Å²) in [6.07, 6.45) is -3.09. The number of carbonyl (C=O) groups is 2. The minimum atomic E-state index is -4.64. The fourth-order valence-corrected chi connectivity index (χ4v) is 3.72. The van der Waals surface area contributed by atoms with Crippen molar-refractivity contribution < 1.29 is 31.2 Å². The molecule has 0 spiro atoms. The van der Waals surface area contributed by atoms with E-state index >= 15 is 0 Å². The zero-order valence-electron chi connectivity index (χ0n) is 14.6. The van der Waals surface area contributed by atoms with Gasteiger partial charge in [0.1, 0.15) is 6.54 Å². The maximum Gasteiger partial charge on any atom is 0.416 e. The summed E-state index contributed by atoms with van der Waals surface area (Å²) in [5.74, 6) is -1.35. The van der Waals surface area contributed by atoms with Crippen LogP contribution in [0.3, 0.4) is 0 Å². The maximum absolute atomic E-state index is 12.9. The number of benzene rings is 1. The maximum atomic E-state index is 12.9. The summed E-state index contributed by atoms with van der Waals surface area (Å²) < 4.78 is 63.5. The Balaban J connectivity index is 2.19. The smallest absolute Gasteiger partial charge is 0.369 e. The van der Waals surface area contributed by atoms with E-state index in [2.05, 4.69) is 0 Å². The highest BCUT2D eigenvalue weighted by Crippen LogP contribution is 2.32. The normalized spacial score (nSPS) is 16.2. The number of amides is 2. The lowest BCUT2D eigenvalue weighted by Gasteiger charge is -2.32. The average Bonchev–Trinajstić information content (AvgIpc) is 2.58. The molecule has 0 unspecified atom stereocenters. The number of anilines is 1. The molecule has 0 bridgehead atoms. The number of halogens is 3. The molecule has 1 aromatic rings. The van der Waals surface area contributed by atoms with Crippen LogP contribution in [0.5, 0.6) is 0 Å². The number of nitrogens with two attached hydrogens (primary N) is 1. The Morgan fingerprint density at radius 1 is 1.26 bits per heavy atom. The molecular formula is C16H20F3N3O4S. The summed E-state index contributed by atoms with van der Waals surface area (Å²) in [5, 5.41) is 0. The molecule has 0 aliphatic carbocycles. The van der Waals surface area contributed by atoms with Gasteiger partial charge in [0.15, 0.2) is 0 Å². The van der Waals surface area contributed by atoms with Gasteiger partial charge < -0.3 is 10.6 Å². The minimum Gasteiger partial charge on any atom is -0.369 e. The molecule has 11 heteroatoms. The van der Waals surface area contributed by atoms with Gasteiger partial charge in [0.2, 0.25) is 21.8 Å². The second kappa shape index (κ2) is 7.75. The van der Waals surface area contributed by atoms with E-state index in [0.29, 0.717) is 23.2 Å². The molecule has 0 aromatic heterocycles. The molecule has 1 aliphatic rings. The van der Waals surface area contributed by atoms with E-state index in [1.165, 1.54) is 11.0 Å². The van der Waals surface area contributed by atoms with Crippen molar-refractivity contribution in [2.45, 2.75) is 19.0 Å². The van der Waals surface area contributed by atoms with E-state index in [9.17, 15) is 31.2 Å². The second-order valence-electron chi connectivity index (χ2n) is 6.38. The van der Waals surface area contributed by atoms with Crippen molar-refractivity contribution in [1.29, 1.82) is 0 Å². The van der Waals surface area contributed by atoms with Gasteiger partial charge in [-0.3, -0.25) is 13.9 Å². The van der Waals surface area contributed by atoms with Crippen LogP contribution < -0.4 is 10.0 Å². The lowest BCUT2D eigenvalue weighted by atomic mass is 9.96. The molecule has 1 saturated heterocycles. The summed E-state index contributed by atoms with van der Waals surface area (Å²) in [7, 11) is -3.99. The molecule has 1 fully saturated rings. The molecule has 0 radical (unpaired) electrons. The van der Waals surface area contributed by atoms with E-state index in [4.69, 9.17) is 5.73 Å². The summed E-state index contributed by atoms with van der Waals surface area (Å²) in [4.78, 5) is 25.0. The molecule has 1 heterocycles. The number of primary amides is 1. The lowest BCUT2D eigenvalue weighted by Crippen LogP contribution is -2.47. The SMILES string of the molecule is CS(=O)(=O)N(CC(=O)N1CCC(C(N)=O)CC1)c1cccc(C(F)(F)F)c1. The Kier molecular flexibility index (Phi) is 6.03. The minimum absolute atomic E-state index is 0.229. The number of nitrogens with zero attached hydrogens (tertiary/aromatic N) is 2. The number of likely N-dealkylation sites (tertiary alicyclic amines) is 1. The van der Waals surface area contributed by atoms with E-state index in [0.717, 1.165) is 18.4 Å². The molecule has 7 nitrogen and oxygen atoms in total. The zero-order valence-corrected chi connectivity index (χ0v) is 15.4. The van der Waals surface area contributed by atoms with Gasteiger partial charge in [-0.2, -0.15) is 13.2 Å². The van der Waals surface area contributed by atoms with Gasteiger partial charge >= 0.3 is 6.18 Å². The number of sulfonamides is 1. The summed E-state index contributed by atoms with van der Waals surface area (Å²) >= 11 is 0. The highest BCUT2D eigenvalue weighted by molar-refractivity contribution is 7.92. The van der Waals surface area contributed by atoms with Gasteiger partial charge in [-0.25, -0.2) is 8.42 Å². The summed E-state index contributed by atoms with van der Waals surface area (Å²) in [5.41, 5.74) is 3.98. The average molecular weight is 407 g/mol. The van der Waals surface area contributed by atoms with Gasteiger partial charge in [-0.1, -0.05) is 6.07 Å². The van der Waals surface area contributed by atoms with E-state index in [1.807, 2.05) is 0 Å². The van der Waals surface area contributed by atoms with Crippen LogP contribution in [0.25, 0.3) is 0 Å². The van der Waals surface area contributed by atoms with E-state index < -0.39 is 40.1 Å². The van der Waals surface area contributed by atoms with Crippen LogP contribution in [0.1, 0.15) is 18.4 Å². The summed E-state index contributed by atoms with van der Waals surface area (Å²) in [6, 6.07) is 3.79. The van der Waals surface area contributed by atoms with Crippen LogP contribution in [0.15, 0.2) is 24.3 Å². The number of carbonyl (C=O) groups excluding carboxylic acids is 2. The first-order valence-electron chi connectivity index (χ1n) is 8.11. The van der Waals surface area contributed by atoms with Gasteiger partial charge in [-0.05, 0) is 31.0 Å². The number of rotatable bonds is 5. The quantitative estimate of drug-likeness (QED) is 0.792. The predicted octanol–water partition coefficient (Wildman–Crippen LogP) is 1.20. The van der Waals surface area contributed by atoms with Crippen molar-refractivity contribution >= 4 is 27.5 Å². The standard InChI is InChI=1S/C16H20F3N3O4S/c1-27(25,26)22(13-4-2-3-12(9-13)16(17,18)19)10-14(23)21-7-5-11(6-8-21)15(20)24/h2-4,9,11H,5-8,10H2,1H3,(H2,20,24). The van der Waals surface area contributed by atoms with Crippen molar-refractivity contribution in [2.75, 3.05) is 30.2 Å². The Labute approximate surface area is 155 Å². The third kappa shape index (κ3) is 5.34. The number of hydrogen-bond donors (Lipinski definition) is 1. The van der Waals surface area contributed by atoms with Gasteiger partial charge in [-0.15, -0.1) is 0 Å². The van der Waals surface area contributed by atoms with Gasteiger partial charge in [0.25, 0.3) is 0 Å². The topological polar surface area (TPSA) is 101 Å². The number of hydrogen-bond acceptors (Lipinski definition) is 4. The second-order valence-corrected chi connectivity index (χ2v) is 8.28. The molecule has 27 heavy (non-hydrogen) atoms. The number of piperidine rings is 1. The third-order valence-electron chi connectivity index (χ3n) is 4.39. The van der Waals surface area contributed by atoms with Gasteiger partial charge in [0, 0.05) is 19.0 Å². The molecule has 150 valence electrons. The highest BCUT2D eigenvalue weighted by atomic mass is 32.2. The first-order chi connectivity index (χ1) is 12.4. The Bertz CT molecular complexity index is 818. The fourth-order valence-electron chi connectivity index (χ4n) is 2.87. The van der Waals surface area contributed by atoms with Gasteiger partial charge in [0.05, 0.1) is 17.5 Å². The Hall–Kier alpha value is -2.30. The monoisotopic (exact) mass is 407 g/mol. The Morgan fingerprint density at radius 3 is 2.33 bits per heavy atom. The molecule has 2 N–H and O–H groups in total. The molecule has 0 saturated carbocycles. The predicted molar refractivity (Wildman–Crippen MR) is 92.1 cm³/mol. The van der Waals surface area contributed by atoms with Crippen molar-refractivity contribution in [1.82, 2.24) is 4.90 Å². The van der Waals surface area contributed by atoms with Crippen LogP contribution in [0.2, 0.25) is 0 Å². The van der Waals surface area contributed by atoms with E-state index in [-0.39, 0.29) is 24.7 Å². The van der Waals surface area contributed by atoms with Crippen LogP contribution >= 0.6 is 0 Å². The third-order valence-corrected chi connectivity index (χ3v) is 5.53. The van der Waals surface area contributed by atoms with Crippen molar-refractivity contribution in [2.24, 2.45) is 11.7 Å². The fraction of sp³-hybridized carbons (Fsp3) is 0.500. The van der Waals surface area contributed by atoms with Crippen molar-refractivity contribution in [3.63, 3.8) is 0 Å². The van der Waals surface area contributed by atoms with Crippen molar-refractivity contribution in [3.05, 3.63) is 29.8 Å². The molecular weight excluding hydrogens is 387 g/mol. The zero-order chi connectivity index (χ0) is 20.4. The first-order valence-corrected chi connectivity index (χ1v) is 9.96. The van der Waals surface area contributed by atoms with Crippen LogP contribution in [0.4, 0.5) is 18.9 Å². The van der Waals surface area contributed by atoms with E-state index in [1.54, 1.807) is 0 Å². The van der Waals surface area contributed by atoms with Crippen LogP contribution in [-0.4, -0.2) is 51.0 Å². The first kappa shape index (κ1) is 21.0. The Morgan fingerprint density at radius 2 is 1.85 bits per heavy atom. The van der Waals surface area contributed by atoms with Crippen LogP contribution in [0, 0.1) is 5.92 Å². The lowest BCUT2D eigenvalue weighted by molar-refractivity contribution is -0.137. The van der Waals surface area contributed by atoms with Crippen molar-refractivity contribution in [3.8, 4) is 0 Å².